The molecule has 25 heavy (non-hydrogen) atoms. The van der Waals surface area contributed by atoms with Gasteiger partial charge in [-0.05, 0) is 25.0 Å². The Morgan fingerprint density at radius 2 is 2.36 bits per heavy atom. The fraction of sp³-hybridized carbons (Fsp3) is 0.526. The monoisotopic (exact) mass is 344 g/mol. The molecule has 4 rings (SSSR count). The van der Waals surface area contributed by atoms with E-state index in [9.17, 15) is 9.90 Å². The molecule has 1 aliphatic carbocycles. The molecule has 0 radical (unpaired) electrons. The summed E-state index contributed by atoms with van der Waals surface area (Å²) in [4.78, 5) is 14.3. The quantitative estimate of drug-likeness (QED) is 0.805. The molecule has 3 aliphatic rings. The molecule has 0 saturated carbocycles. The molecule has 0 bridgehead atoms. The van der Waals surface area contributed by atoms with Crippen LogP contribution in [0.25, 0.3) is 0 Å². The third kappa shape index (κ3) is 2.39. The zero-order chi connectivity index (χ0) is 17.6. The second-order valence-corrected chi connectivity index (χ2v) is 6.95. The van der Waals surface area contributed by atoms with E-state index >= 15 is 0 Å². The van der Waals surface area contributed by atoms with E-state index in [1.165, 1.54) is 0 Å². The van der Waals surface area contributed by atoms with Crippen LogP contribution in [0.2, 0.25) is 0 Å². The summed E-state index contributed by atoms with van der Waals surface area (Å²) in [7, 11) is 1.64. The van der Waals surface area contributed by atoms with E-state index in [4.69, 9.17) is 9.47 Å². The average molecular weight is 344 g/mol. The van der Waals surface area contributed by atoms with Gasteiger partial charge < -0.3 is 24.8 Å². The van der Waals surface area contributed by atoms with Gasteiger partial charge in [0, 0.05) is 31.6 Å². The molecule has 6 heteroatoms. The smallest absolute Gasteiger partial charge is 0.317 e. The summed E-state index contributed by atoms with van der Waals surface area (Å²) in [6.45, 7) is 3.72. The maximum Gasteiger partial charge on any atom is 0.317 e. The Bertz CT molecular complexity index is 732. The van der Waals surface area contributed by atoms with Crippen LogP contribution < -0.4 is 14.8 Å². The number of aliphatic hydroxyl groups excluding tert-OH is 1. The van der Waals surface area contributed by atoms with E-state index in [0.717, 1.165) is 23.3 Å². The van der Waals surface area contributed by atoms with Gasteiger partial charge in [0.15, 0.2) is 11.5 Å². The van der Waals surface area contributed by atoms with Crippen LogP contribution >= 0.6 is 0 Å². The van der Waals surface area contributed by atoms with Gasteiger partial charge in [-0.2, -0.15) is 0 Å². The highest BCUT2D eigenvalue weighted by Crippen LogP contribution is 2.55. The molecule has 3 atom stereocenters. The number of aliphatic hydroxyl groups is 1. The summed E-state index contributed by atoms with van der Waals surface area (Å²) in [6.07, 6.45) is 4.64. The number of benzene rings is 1. The van der Waals surface area contributed by atoms with Gasteiger partial charge in [-0.25, -0.2) is 4.79 Å². The van der Waals surface area contributed by atoms with Crippen LogP contribution in [0.4, 0.5) is 4.79 Å². The Morgan fingerprint density at radius 3 is 3.12 bits per heavy atom. The fourth-order valence-corrected chi connectivity index (χ4v) is 4.37. The number of methoxy groups -OCH3 is 1. The zero-order valence-corrected chi connectivity index (χ0v) is 14.6. The first-order chi connectivity index (χ1) is 12.1. The SMILES string of the molecule is CCNC(=O)N1CCC23C=C[C@H](O)CC2Oc2c(OC)ccc(c23)C1. The van der Waals surface area contributed by atoms with E-state index in [1.54, 1.807) is 7.11 Å². The van der Waals surface area contributed by atoms with Gasteiger partial charge in [-0.15, -0.1) is 0 Å². The minimum absolute atomic E-state index is 0.0410. The summed E-state index contributed by atoms with van der Waals surface area (Å²) in [5, 5.41) is 13.0. The largest absolute Gasteiger partial charge is 0.493 e. The first kappa shape index (κ1) is 16.3. The number of hydrogen-bond donors (Lipinski definition) is 2. The first-order valence-electron chi connectivity index (χ1n) is 8.86. The number of nitrogens with zero attached hydrogens (tertiary/aromatic N) is 1. The number of nitrogens with one attached hydrogen (secondary N) is 1. The minimum Gasteiger partial charge on any atom is -0.493 e. The molecule has 1 spiro atoms. The van der Waals surface area contributed by atoms with Gasteiger partial charge in [-0.1, -0.05) is 18.2 Å². The van der Waals surface area contributed by atoms with Gasteiger partial charge in [0.05, 0.1) is 18.6 Å². The molecular weight excluding hydrogens is 320 g/mol. The predicted molar refractivity (Wildman–Crippen MR) is 93.0 cm³/mol. The Hall–Kier alpha value is -2.21. The Morgan fingerprint density at radius 1 is 1.52 bits per heavy atom. The lowest BCUT2D eigenvalue weighted by Crippen LogP contribution is -2.44. The Kier molecular flexibility index (Phi) is 3.87. The maximum atomic E-state index is 12.4. The van der Waals surface area contributed by atoms with Crippen molar-refractivity contribution in [2.45, 2.75) is 43.9 Å². The Labute approximate surface area is 147 Å². The standard InChI is InChI=1S/C19H24N2O4/c1-3-20-18(23)21-9-8-19-7-6-13(22)10-15(19)25-17-14(24-2)5-4-12(11-21)16(17)19/h4-7,13,15,22H,3,8-11H2,1-2H3,(H,20,23)/t13-,15?,19?/m0/s1. The number of rotatable bonds is 2. The van der Waals surface area contributed by atoms with Crippen LogP contribution in [-0.2, 0) is 12.0 Å². The molecule has 2 heterocycles. The highest BCUT2D eigenvalue weighted by atomic mass is 16.5. The van der Waals surface area contributed by atoms with Crippen molar-refractivity contribution >= 4 is 6.03 Å². The molecule has 0 saturated heterocycles. The van der Waals surface area contributed by atoms with Crippen molar-refractivity contribution in [2.24, 2.45) is 0 Å². The molecule has 2 unspecified atom stereocenters. The lowest BCUT2D eigenvalue weighted by Gasteiger charge is -2.35. The summed E-state index contributed by atoms with van der Waals surface area (Å²) in [6, 6.07) is 3.89. The zero-order valence-electron chi connectivity index (χ0n) is 14.6. The lowest BCUT2D eigenvalue weighted by molar-refractivity contribution is 0.0821. The molecule has 0 fully saturated rings. The van der Waals surface area contributed by atoms with Crippen molar-refractivity contribution in [3.63, 3.8) is 0 Å². The second kappa shape index (κ2) is 5.95. The minimum atomic E-state index is -0.498. The molecule has 1 aromatic rings. The third-order valence-corrected chi connectivity index (χ3v) is 5.57. The maximum absolute atomic E-state index is 12.4. The fourth-order valence-electron chi connectivity index (χ4n) is 4.37. The summed E-state index contributed by atoms with van der Waals surface area (Å²) in [5.41, 5.74) is 1.90. The molecular formula is C19H24N2O4. The van der Waals surface area contributed by atoms with Crippen molar-refractivity contribution in [1.82, 2.24) is 10.2 Å². The number of amides is 2. The summed E-state index contributed by atoms with van der Waals surface area (Å²) < 4.78 is 11.8. The first-order valence-corrected chi connectivity index (χ1v) is 8.86. The third-order valence-electron chi connectivity index (χ3n) is 5.57. The van der Waals surface area contributed by atoms with E-state index in [-0.39, 0.29) is 17.6 Å². The molecule has 134 valence electrons. The van der Waals surface area contributed by atoms with Crippen LogP contribution in [0.5, 0.6) is 11.5 Å². The van der Waals surface area contributed by atoms with Crippen LogP contribution in [0.3, 0.4) is 0 Å². The number of carbonyl (C=O) groups is 1. The van der Waals surface area contributed by atoms with Crippen LogP contribution in [-0.4, -0.2) is 48.4 Å². The van der Waals surface area contributed by atoms with Gasteiger partial charge in [0.25, 0.3) is 0 Å². The topological polar surface area (TPSA) is 71.0 Å². The predicted octanol–water partition coefficient (Wildman–Crippen LogP) is 1.95. The number of hydrogen-bond acceptors (Lipinski definition) is 4. The van der Waals surface area contributed by atoms with Gasteiger partial charge in [0.1, 0.15) is 6.10 Å². The molecule has 2 amide bonds. The van der Waals surface area contributed by atoms with Crippen molar-refractivity contribution < 1.29 is 19.4 Å². The lowest BCUT2D eigenvalue weighted by atomic mass is 9.69. The van der Waals surface area contributed by atoms with E-state index in [1.807, 2.05) is 30.0 Å². The molecule has 2 aliphatic heterocycles. The summed E-state index contributed by atoms with van der Waals surface area (Å²) in [5.74, 6) is 1.48. The van der Waals surface area contributed by atoms with E-state index in [2.05, 4.69) is 11.4 Å². The van der Waals surface area contributed by atoms with E-state index < -0.39 is 6.10 Å². The van der Waals surface area contributed by atoms with Crippen molar-refractivity contribution in [3.8, 4) is 11.5 Å². The molecule has 2 N–H and O–H groups in total. The molecule has 0 aromatic heterocycles. The normalized spacial score (nSPS) is 29.3. The molecule has 1 aromatic carbocycles. The highest BCUT2D eigenvalue weighted by Gasteiger charge is 2.53. The number of urea groups is 1. The van der Waals surface area contributed by atoms with Crippen LogP contribution in [0.1, 0.15) is 30.9 Å². The van der Waals surface area contributed by atoms with Crippen molar-refractivity contribution in [3.05, 3.63) is 35.4 Å². The van der Waals surface area contributed by atoms with Gasteiger partial charge >= 0.3 is 6.03 Å². The van der Waals surface area contributed by atoms with Crippen molar-refractivity contribution in [1.29, 1.82) is 0 Å². The van der Waals surface area contributed by atoms with Gasteiger partial charge in [0.2, 0.25) is 0 Å². The van der Waals surface area contributed by atoms with Crippen LogP contribution in [0.15, 0.2) is 24.3 Å². The summed E-state index contributed by atoms with van der Waals surface area (Å²) >= 11 is 0. The average Bonchev–Trinajstić information content (AvgIpc) is 2.83. The molecule has 6 nitrogen and oxygen atoms in total. The number of ether oxygens (including phenoxy) is 2. The van der Waals surface area contributed by atoms with Crippen molar-refractivity contribution in [2.75, 3.05) is 20.2 Å². The Balaban J connectivity index is 1.83. The number of carbonyl (C=O) groups excluding carboxylic acids is 1. The van der Waals surface area contributed by atoms with E-state index in [0.29, 0.717) is 31.8 Å². The van der Waals surface area contributed by atoms with Crippen LogP contribution in [0, 0.1) is 0 Å². The second-order valence-electron chi connectivity index (χ2n) is 6.95. The highest BCUT2D eigenvalue weighted by molar-refractivity contribution is 5.75. The van der Waals surface area contributed by atoms with Gasteiger partial charge in [-0.3, -0.25) is 0 Å².